The maximum Gasteiger partial charge on any atom is 0.229 e. The van der Waals surface area contributed by atoms with Crippen molar-refractivity contribution in [2.45, 2.75) is 38.6 Å². The third kappa shape index (κ3) is 3.63. The summed E-state index contributed by atoms with van der Waals surface area (Å²) >= 11 is 1.70. The van der Waals surface area contributed by atoms with Crippen LogP contribution in [0.3, 0.4) is 0 Å². The fourth-order valence-electron chi connectivity index (χ4n) is 4.06. The number of para-hydroxylation sites is 1. The molecule has 1 fully saturated rings. The van der Waals surface area contributed by atoms with E-state index in [4.69, 9.17) is 9.40 Å². The summed E-state index contributed by atoms with van der Waals surface area (Å²) in [6.07, 6.45) is 3.36. The molecule has 1 atom stereocenters. The van der Waals surface area contributed by atoms with Crippen LogP contribution in [0.5, 0.6) is 0 Å². The van der Waals surface area contributed by atoms with Gasteiger partial charge in [0.2, 0.25) is 11.8 Å². The summed E-state index contributed by atoms with van der Waals surface area (Å²) in [5.41, 5.74) is 2.65. The number of carbonyl (C=O) groups is 1. The first kappa shape index (κ1) is 19.0. The zero-order chi connectivity index (χ0) is 20.5. The van der Waals surface area contributed by atoms with Crippen LogP contribution in [-0.4, -0.2) is 27.3 Å². The lowest BCUT2D eigenvalue weighted by Gasteiger charge is -2.34. The van der Waals surface area contributed by atoms with Crippen LogP contribution in [0, 0.1) is 6.92 Å². The summed E-state index contributed by atoms with van der Waals surface area (Å²) in [5, 5.41) is 1.03. The molecular formula is C24H23N3O2S. The van der Waals surface area contributed by atoms with Gasteiger partial charge in [-0.15, -0.1) is 11.3 Å². The van der Waals surface area contributed by atoms with Gasteiger partial charge in [-0.3, -0.25) is 4.79 Å². The zero-order valence-corrected chi connectivity index (χ0v) is 17.7. The van der Waals surface area contributed by atoms with E-state index in [2.05, 4.69) is 11.1 Å². The molecule has 1 aliphatic heterocycles. The molecule has 3 heterocycles. The normalized spacial score (nSPS) is 16.8. The smallest absolute Gasteiger partial charge is 0.229 e. The maximum atomic E-state index is 13.3. The molecule has 1 aliphatic rings. The fourth-order valence-corrected chi connectivity index (χ4v) is 5.18. The van der Waals surface area contributed by atoms with Crippen molar-refractivity contribution in [3.05, 3.63) is 71.1 Å². The molecule has 0 saturated carbocycles. The van der Waals surface area contributed by atoms with Gasteiger partial charge in [0.25, 0.3) is 0 Å². The van der Waals surface area contributed by atoms with Crippen molar-refractivity contribution in [1.82, 2.24) is 14.9 Å². The van der Waals surface area contributed by atoms with Crippen LogP contribution in [0.2, 0.25) is 0 Å². The number of hydrogen-bond donors (Lipinski definition) is 0. The molecule has 6 heteroatoms. The molecule has 0 bridgehead atoms. The monoisotopic (exact) mass is 417 g/mol. The highest BCUT2D eigenvalue weighted by molar-refractivity contribution is 7.18. The average Bonchev–Trinajstić information content (AvgIpc) is 3.38. The Morgan fingerprint density at radius 2 is 1.90 bits per heavy atom. The van der Waals surface area contributed by atoms with Crippen LogP contribution >= 0.6 is 11.3 Å². The van der Waals surface area contributed by atoms with E-state index in [9.17, 15) is 4.79 Å². The highest BCUT2D eigenvalue weighted by atomic mass is 32.1. The van der Waals surface area contributed by atoms with Crippen molar-refractivity contribution < 1.29 is 9.21 Å². The van der Waals surface area contributed by atoms with Crippen molar-refractivity contribution in [2.75, 3.05) is 6.54 Å². The van der Waals surface area contributed by atoms with E-state index < -0.39 is 0 Å². The van der Waals surface area contributed by atoms with Crippen LogP contribution in [0.1, 0.15) is 41.8 Å². The van der Waals surface area contributed by atoms with Gasteiger partial charge < -0.3 is 9.32 Å². The first-order valence-corrected chi connectivity index (χ1v) is 11.2. The number of amides is 1. The quantitative estimate of drug-likeness (QED) is 0.436. The lowest BCUT2D eigenvalue weighted by atomic mass is 10.0. The summed E-state index contributed by atoms with van der Waals surface area (Å²) < 4.78 is 7.02. The lowest BCUT2D eigenvalue weighted by molar-refractivity contribution is -0.134. The van der Waals surface area contributed by atoms with Gasteiger partial charge in [0.15, 0.2) is 0 Å². The van der Waals surface area contributed by atoms with Crippen molar-refractivity contribution in [3.8, 4) is 11.5 Å². The summed E-state index contributed by atoms with van der Waals surface area (Å²) in [5.74, 6) is 1.36. The molecule has 0 radical (unpaired) electrons. The molecular weight excluding hydrogens is 394 g/mol. The summed E-state index contributed by atoms with van der Waals surface area (Å²) in [6, 6.07) is 18.0. The molecule has 0 N–H and O–H groups in total. The molecule has 1 unspecified atom stereocenters. The summed E-state index contributed by atoms with van der Waals surface area (Å²) in [6.45, 7) is 2.64. The number of aryl methyl sites for hydroxylation is 1. The zero-order valence-electron chi connectivity index (χ0n) is 16.9. The van der Waals surface area contributed by atoms with Gasteiger partial charge in [-0.25, -0.2) is 9.97 Å². The van der Waals surface area contributed by atoms with Crippen LogP contribution in [-0.2, 0) is 11.2 Å². The summed E-state index contributed by atoms with van der Waals surface area (Å²) in [7, 11) is 0. The predicted octanol–water partition coefficient (Wildman–Crippen LogP) is 5.56. The second-order valence-corrected chi connectivity index (χ2v) is 8.75. The van der Waals surface area contributed by atoms with Crippen molar-refractivity contribution in [1.29, 1.82) is 0 Å². The Kier molecular flexibility index (Phi) is 5.09. The van der Waals surface area contributed by atoms with Gasteiger partial charge in [-0.2, -0.15) is 0 Å². The summed E-state index contributed by atoms with van der Waals surface area (Å²) in [4.78, 5) is 24.7. The van der Waals surface area contributed by atoms with E-state index in [0.29, 0.717) is 17.3 Å². The predicted molar refractivity (Wildman–Crippen MR) is 118 cm³/mol. The van der Waals surface area contributed by atoms with Gasteiger partial charge in [0, 0.05) is 12.1 Å². The number of thiazole rings is 1. The van der Waals surface area contributed by atoms with Gasteiger partial charge in [-0.05, 0) is 50.5 Å². The van der Waals surface area contributed by atoms with Crippen molar-refractivity contribution >= 4 is 27.5 Å². The van der Waals surface area contributed by atoms with Crippen LogP contribution < -0.4 is 0 Å². The average molecular weight is 418 g/mol. The molecule has 152 valence electrons. The Balaban J connectivity index is 1.38. The van der Waals surface area contributed by atoms with E-state index >= 15 is 0 Å². The van der Waals surface area contributed by atoms with E-state index in [0.717, 1.165) is 41.9 Å². The maximum absolute atomic E-state index is 13.3. The van der Waals surface area contributed by atoms with Gasteiger partial charge in [0.1, 0.15) is 10.8 Å². The molecule has 30 heavy (non-hydrogen) atoms. The second kappa shape index (κ2) is 8.03. The third-order valence-corrected chi connectivity index (χ3v) is 6.79. The Morgan fingerprint density at radius 1 is 1.10 bits per heavy atom. The molecule has 5 nitrogen and oxygen atoms in total. The Morgan fingerprint density at radius 3 is 2.73 bits per heavy atom. The molecule has 0 spiro atoms. The third-order valence-electron chi connectivity index (χ3n) is 5.65. The number of aromatic nitrogens is 2. The first-order chi connectivity index (χ1) is 14.7. The van der Waals surface area contributed by atoms with Crippen LogP contribution in [0.4, 0.5) is 0 Å². The number of piperidine rings is 1. The Labute approximate surface area is 179 Å². The second-order valence-electron chi connectivity index (χ2n) is 7.68. The number of rotatable bonds is 4. The topological polar surface area (TPSA) is 59.2 Å². The Hall–Kier alpha value is -2.99. The molecule has 2 aromatic heterocycles. The standard InChI is InChI=1S/C24H23N3O2S/c1-16-19(25-23(29-16)17-9-3-2-4-10-17)15-22(28)27-14-8-7-12-20(27)24-26-18-11-5-6-13-21(18)30-24/h2-6,9-11,13,20H,7-8,12,14-15H2,1H3. The number of oxazole rings is 1. The highest BCUT2D eigenvalue weighted by Gasteiger charge is 2.31. The molecule has 0 aliphatic carbocycles. The minimum atomic E-state index is 0.0458. The van der Waals surface area contributed by atoms with Crippen molar-refractivity contribution in [2.24, 2.45) is 0 Å². The van der Waals surface area contributed by atoms with Gasteiger partial charge >= 0.3 is 0 Å². The molecule has 4 aromatic rings. The SMILES string of the molecule is Cc1oc(-c2ccccc2)nc1CC(=O)N1CCCCC1c1nc2ccccc2s1. The van der Waals surface area contributed by atoms with E-state index in [-0.39, 0.29) is 18.4 Å². The lowest BCUT2D eigenvalue weighted by Crippen LogP contribution is -2.39. The van der Waals surface area contributed by atoms with E-state index in [1.807, 2.05) is 60.4 Å². The van der Waals surface area contributed by atoms with Crippen molar-refractivity contribution in [3.63, 3.8) is 0 Å². The van der Waals surface area contributed by atoms with Gasteiger partial charge in [0.05, 0.1) is 28.4 Å². The highest BCUT2D eigenvalue weighted by Crippen LogP contribution is 2.36. The number of carbonyl (C=O) groups excluding carboxylic acids is 1. The molecule has 1 saturated heterocycles. The molecule has 5 rings (SSSR count). The van der Waals surface area contributed by atoms with Crippen LogP contribution in [0.15, 0.2) is 59.0 Å². The number of fused-ring (bicyclic) bond motifs is 1. The fraction of sp³-hybridized carbons (Fsp3) is 0.292. The van der Waals surface area contributed by atoms with Crippen LogP contribution in [0.25, 0.3) is 21.7 Å². The minimum Gasteiger partial charge on any atom is -0.441 e. The minimum absolute atomic E-state index is 0.0458. The largest absolute Gasteiger partial charge is 0.441 e. The number of benzene rings is 2. The number of likely N-dealkylation sites (tertiary alicyclic amines) is 1. The van der Waals surface area contributed by atoms with Gasteiger partial charge in [-0.1, -0.05) is 30.3 Å². The number of nitrogens with zero attached hydrogens (tertiary/aromatic N) is 3. The van der Waals surface area contributed by atoms with E-state index in [1.165, 1.54) is 4.70 Å². The molecule has 2 aromatic carbocycles. The number of hydrogen-bond acceptors (Lipinski definition) is 5. The Bertz CT molecular complexity index is 1150. The first-order valence-electron chi connectivity index (χ1n) is 10.4. The van der Waals surface area contributed by atoms with E-state index in [1.54, 1.807) is 11.3 Å². The molecule has 1 amide bonds.